The SMILES string of the molecule is O=C(NCCC1CC2CCC1C2)NC1COC2CC1C2. The van der Waals surface area contributed by atoms with Crippen molar-refractivity contribution >= 4 is 6.03 Å². The summed E-state index contributed by atoms with van der Waals surface area (Å²) in [6, 6.07) is 0.245. The lowest BCUT2D eigenvalue weighted by molar-refractivity contribution is -0.107. The molecule has 4 unspecified atom stereocenters. The van der Waals surface area contributed by atoms with E-state index in [-0.39, 0.29) is 12.1 Å². The normalized spacial score (nSPS) is 45.0. The van der Waals surface area contributed by atoms with Crippen molar-refractivity contribution in [1.82, 2.24) is 10.6 Å². The third kappa shape index (κ3) is 2.43. The molecule has 112 valence electrons. The van der Waals surface area contributed by atoms with E-state index >= 15 is 0 Å². The molecule has 4 atom stereocenters. The number of urea groups is 1. The number of fused-ring (bicyclic) bond motifs is 4. The number of nitrogens with one attached hydrogen (secondary N) is 2. The van der Waals surface area contributed by atoms with Crippen LogP contribution in [0, 0.1) is 23.7 Å². The van der Waals surface area contributed by atoms with Crippen LogP contribution in [0.4, 0.5) is 4.79 Å². The van der Waals surface area contributed by atoms with Crippen LogP contribution in [0.15, 0.2) is 0 Å². The van der Waals surface area contributed by atoms with E-state index in [0.29, 0.717) is 18.6 Å². The second-order valence-corrected chi connectivity index (χ2v) is 7.42. The number of amides is 2. The summed E-state index contributed by atoms with van der Waals surface area (Å²) in [6.45, 7) is 1.54. The average molecular weight is 278 g/mol. The van der Waals surface area contributed by atoms with Gasteiger partial charge in [0.15, 0.2) is 0 Å². The minimum Gasteiger partial charge on any atom is -0.376 e. The molecular weight excluding hydrogens is 252 g/mol. The van der Waals surface area contributed by atoms with Crippen LogP contribution in [-0.2, 0) is 4.74 Å². The van der Waals surface area contributed by atoms with Crippen molar-refractivity contribution in [3.05, 3.63) is 0 Å². The van der Waals surface area contributed by atoms with Gasteiger partial charge in [-0.3, -0.25) is 0 Å². The summed E-state index contributed by atoms with van der Waals surface area (Å²) in [6.07, 6.45) is 9.68. The number of ether oxygens (including phenoxy) is 1. The lowest BCUT2D eigenvalue weighted by atomic mass is 9.75. The van der Waals surface area contributed by atoms with Crippen molar-refractivity contribution in [1.29, 1.82) is 0 Å². The highest BCUT2D eigenvalue weighted by atomic mass is 16.5. The molecule has 4 heteroatoms. The van der Waals surface area contributed by atoms with Crippen molar-refractivity contribution in [3.63, 3.8) is 0 Å². The number of carbonyl (C=O) groups excluding carboxylic acids is 1. The van der Waals surface area contributed by atoms with Gasteiger partial charge in [0.05, 0.1) is 18.8 Å². The van der Waals surface area contributed by atoms with E-state index in [9.17, 15) is 4.79 Å². The Balaban J connectivity index is 1.15. The van der Waals surface area contributed by atoms with Gasteiger partial charge in [0.1, 0.15) is 0 Å². The van der Waals surface area contributed by atoms with Crippen LogP contribution in [0.3, 0.4) is 0 Å². The quantitative estimate of drug-likeness (QED) is 0.829. The fourth-order valence-electron chi connectivity index (χ4n) is 4.93. The van der Waals surface area contributed by atoms with E-state index in [1.165, 1.54) is 32.1 Å². The maximum atomic E-state index is 11.9. The number of hydrogen-bond donors (Lipinski definition) is 2. The zero-order valence-corrected chi connectivity index (χ0v) is 12.1. The maximum Gasteiger partial charge on any atom is 0.315 e. The fraction of sp³-hybridized carbons (Fsp3) is 0.938. The Morgan fingerprint density at radius 1 is 1.10 bits per heavy atom. The number of carbonyl (C=O) groups is 1. The molecular formula is C16H26N2O2. The van der Waals surface area contributed by atoms with Gasteiger partial charge in [0.2, 0.25) is 0 Å². The van der Waals surface area contributed by atoms with Crippen LogP contribution in [0.5, 0.6) is 0 Å². The largest absolute Gasteiger partial charge is 0.376 e. The lowest BCUT2D eigenvalue weighted by Gasteiger charge is -2.46. The monoisotopic (exact) mass is 278 g/mol. The first-order valence-electron chi connectivity index (χ1n) is 8.44. The van der Waals surface area contributed by atoms with Crippen LogP contribution in [0.25, 0.3) is 0 Å². The van der Waals surface area contributed by atoms with Crippen molar-refractivity contribution < 1.29 is 9.53 Å². The summed E-state index contributed by atoms with van der Waals surface area (Å²) >= 11 is 0. The van der Waals surface area contributed by atoms with Crippen LogP contribution in [-0.4, -0.2) is 31.3 Å². The van der Waals surface area contributed by atoms with Gasteiger partial charge >= 0.3 is 6.03 Å². The van der Waals surface area contributed by atoms with E-state index in [0.717, 1.165) is 37.1 Å². The van der Waals surface area contributed by atoms with Crippen molar-refractivity contribution in [2.45, 2.75) is 57.1 Å². The molecule has 0 radical (unpaired) electrons. The lowest BCUT2D eigenvalue weighted by Crippen LogP contribution is -2.57. The Morgan fingerprint density at radius 2 is 2.00 bits per heavy atom. The van der Waals surface area contributed by atoms with Crippen molar-refractivity contribution in [3.8, 4) is 0 Å². The molecule has 3 saturated carbocycles. The van der Waals surface area contributed by atoms with Gasteiger partial charge in [-0.25, -0.2) is 4.79 Å². The molecule has 2 heterocycles. The summed E-state index contributed by atoms with van der Waals surface area (Å²) in [5, 5.41) is 6.14. The number of rotatable bonds is 4. The Hall–Kier alpha value is -0.770. The highest BCUT2D eigenvalue weighted by molar-refractivity contribution is 5.74. The molecule has 2 N–H and O–H groups in total. The first kappa shape index (κ1) is 12.9. The molecule has 0 aromatic rings. The molecule has 20 heavy (non-hydrogen) atoms. The van der Waals surface area contributed by atoms with Gasteiger partial charge in [-0.2, -0.15) is 0 Å². The minimum atomic E-state index is 0.00658. The molecule has 2 amide bonds. The Bertz CT molecular complexity index is 378. The van der Waals surface area contributed by atoms with Gasteiger partial charge in [0, 0.05) is 6.54 Å². The Kier molecular flexibility index (Phi) is 3.37. The minimum absolute atomic E-state index is 0.00658. The van der Waals surface area contributed by atoms with E-state index in [2.05, 4.69) is 10.6 Å². The van der Waals surface area contributed by atoms with E-state index in [4.69, 9.17) is 4.74 Å². The summed E-state index contributed by atoms with van der Waals surface area (Å²) in [4.78, 5) is 11.9. The summed E-state index contributed by atoms with van der Waals surface area (Å²) in [7, 11) is 0. The third-order valence-electron chi connectivity index (χ3n) is 6.21. The summed E-state index contributed by atoms with van der Waals surface area (Å²) in [5.74, 6) is 3.50. The van der Waals surface area contributed by atoms with Gasteiger partial charge in [-0.15, -0.1) is 0 Å². The molecule has 2 saturated heterocycles. The molecule has 0 aromatic carbocycles. The Morgan fingerprint density at radius 3 is 2.65 bits per heavy atom. The summed E-state index contributed by atoms with van der Waals surface area (Å²) < 4.78 is 5.63. The molecule has 5 fully saturated rings. The second-order valence-electron chi connectivity index (χ2n) is 7.42. The van der Waals surface area contributed by atoms with Gasteiger partial charge in [0.25, 0.3) is 0 Å². The van der Waals surface area contributed by atoms with Crippen molar-refractivity contribution in [2.24, 2.45) is 23.7 Å². The molecule has 0 aromatic heterocycles. The van der Waals surface area contributed by atoms with E-state index in [1.807, 2.05) is 0 Å². The first-order valence-corrected chi connectivity index (χ1v) is 8.44. The zero-order chi connectivity index (χ0) is 13.5. The van der Waals surface area contributed by atoms with Gasteiger partial charge in [-0.1, -0.05) is 6.42 Å². The standard InChI is InChI=1S/C16H26N2O2/c19-16(18-15-9-20-14-7-13(15)8-14)17-4-3-12-6-10-1-2-11(12)5-10/h10-15H,1-9H2,(H2,17,18,19). The zero-order valence-electron chi connectivity index (χ0n) is 12.1. The fourth-order valence-corrected chi connectivity index (χ4v) is 4.93. The van der Waals surface area contributed by atoms with Crippen LogP contribution in [0.2, 0.25) is 0 Å². The molecule has 4 bridgehead atoms. The average Bonchev–Trinajstić information content (AvgIpc) is 3.00. The van der Waals surface area contributed by atoms with Gasteiger partial charge in [-0.05, 0) is 62.2 Å². The van der Waals surface area contributed by atoms with Crippen molar-refractivity contribution in [2.75, 3.05) is 13.2 Å². The van der Waals surface area contributed by atoms with Crippen LogP contribution < -0.4 is 10.6 Å². The third-order valence-corrected chi connectivity index (χ3v) is 6.21. The highest BCUT2D eigenvalue weighted by Gasteiger charge is 2.42. The Labute approximate surface area is 121 Å². The van der Waals surface area contributed by atoms with E-state index in [1.54, 1.807) is 0 Å². The summed E-state index contributed by atoms with van der Waals surface area (Å²) in [5.41, 5.74) is 0. The number of hydrogen-bond acceptors (Lipinski definition) is 2. The maximum absolute atomic E-state index is 11.9. The molecule has 5 rings (SSSR count). The highest BCUT2D eigenvalue weighted by Crippen LogP contribution is 2.49. The van der Waals surface area contributed by atoms with E-state index < -0.39 is 0 Å². The molecule has 4 nitrogen and oxygen atoms in total. The van der Waals surface area contributed by atoms with Crippen LogP contribution in [0.1, 0.15) is 44.9 Å². The predicted molar refractivity (Wildman–Crippen MR) is 76.3 cm³/mol. The predicted octanol–water partition coefficient (Wildman–Crippen LogP) is 2.29. The molecule has 5 aliphatic rings. The first-order chi connectivity index (χ1) is 9.78. The van der Waals surface area contributed by atoms with Gasteiger partial charge < -0.3 is 15.4 Å². The molecule has 0 spiro atoms. The molecule has 2 aliphatic heterocycles. The van der Waals surface area contributed by atoms with Crippen LogP contribution >= 0.6 is 0 Å². The topological polar surface area (TPSA) is 50.4 Å². The molecule has 3 aliphatic carbocycles. The smallest absolute Gasteiger partial charge is 0.315 e. The second kappa shape index (κ2) is 5.21.